The van der Waals surface area contributed by atoms with Crippen molar-refractivity contribution in [2.75, 3.05) is 33.4 Å². The lowest BCUT2D eigenvalue weighted by atomic mass is 9.80. The summed E-state index contributed by atoms with van der Waals surface area (Å²) in [7, 11) is 1.66. The van der Waals surface area contributed by atoms with Gasteiger partial charge in [0.05, 0.1) is 6.61 Å². The summed E-state index contributed by atoms with van der Waals surface area (Å²) >= 11 is 0. The van der Waals surface area contributed by atoms with Gasteiger partial charge in [-0.25, -0.2) is 0 Å². The molecule has 0 aromatic carbocycles. The van der Waals surface area contributed by atoms with Crippen LogP contribution in [0.4, 0.5) is 0 Å². The fourth-order valence-electron chi connectivity index (χ4n) is 1.54. The molecule has 0 bridgehead atoms. The van der Waals surface area contributed by atoms with E-state index in [9.17, 15) is 4.79 Å². The molecule has 0 aromatic rings. The number of nitrogens with two attached hydrogens (primary N) is 1. The molecule has 0 aliphatic heterocycles. The molecule has 4 heteroatoms. The van der Waals surface area contributed by atoms with E-state index >= 15 is 0 Å². The smallest absolute Gasteiger partial charge is 0.222 e. The summed E-state index contributed by atoms with van der Waals surface area (Å²) in [5.41, 5.74) is 5.67. The number of methoxy groups -OCH3 is 1. The molecule has 18 heavy (non-hydrogen) atoms. The van der Waals surface area contributed by atoms with Crippen LogP contribution in [0.25, 0.3) is 0 Å². The number of carbonyl (C=O) groups is 1. The topological polar surface area (TPSA) is 55.6 Å². The third kappa shape index (κ3) is 6.97. The Kier molecular flexibility index (Phi) is 8.20. The fraction of sp³-hybridized carbons (Fsp3) is 0.929. The van der Waals surface area contributed by atoms with Gasteiger partial charge in [-0.2, -0.15) is 0 Å². The minimum atomic E-state index is 0.163. The van der Waals surface area contributed by atoms with Gasteiger partial charge in [0.15, 0.2) is 0 Å². The molecule has 2 N–H and O–H groups in total. The van der Waals surface area contributed by atoms with Crippen LogP contribution in [0.3, 0.4) is 0 Å². The van der Waals surface area contributed by atoms with Crippen molar-refractivity contribution in [1.29, 1.82) is 0 Å². The average molecular weight is 258 g/mol. The first-order chi connectivity index (χ1) is 8.32. The van der Waals surface area contributed by atoms with Crippen molar-refractivity contribution in [3.8, 4) is 0 Å². The highest BCUT2D eigenvalue weighted by Gasteiger charge is 2.24. The molecule has 1 atom stereocenters. The van der Waals surface area contributed by atoms with Crippen LogP contribution in [0.15, 0.2) is 0 Å². The maximum absolute atomic E-state index is 12.2. The summed E-state index contributed by atoms with van der Waals surface area (Å²) < 4.78 is 5.05. The van der Waals surface area contributed by atoms with E-state index in [1.165, 1.54) is 0 Å². The van der Waals surface area contributed by atoms with Gasteiger partial charge >= 0.3 is 0 Å². The molecular weight excluding hydrogens is 228 g/mol. The van der Waals surface area contributed by atoms with E-state index in [2.05, 4.69) is 27.7 Å². The van der Waals surface area contributed by atoms with Gasteiger partial charge in [-0.05, 0) is 24.3 Å². The zero-order valence-electron chi connectivity index (χ0n) is 12.7. The minimum absolute atomic E-state index is 0.163. The fourth-order valence-corrected chi connectivity index (χ4v) is 1.54. The number of amides is 1. The lowest BCUT2D eigenvalue weighted by molar-refractivity contribution is -0.133. The highest BCUT2D eigenvalue weighted by Crippen LogP contribution is 2.28. The number of hydrogen-bond acceptors (Lipinski definition) is 3. The largest absolute Gasteiger partial charge is 0.383 e. The van der Waals surface area contributed by atoms with E-state index in [0.29, 0.717) is 32.0 Å². The molecule has 0 spiro atoms. The normalized spacial score (nSPS) is 13.4. The third-order valence-corrected chi connectivity index (χ3v) is 3.51. The molecule has 108 valence electrons. The summed E-state index contributed by atoms with van der Waals surface area (Å²) in [6, 6.07) is 0. The van der Waals surface area contributed by atoms with E-state index in [1.807, 2.05) is 4.90 Å². The van der Waals surface area contributed by atoms with E-state index in [1.54, 1.807) is 7.11 Å². The molecule has 1 unspecified atom stereocenters. The van der Waals surface area contributed by atoms with Crippen LogP contribution >= 0.6 is 0 Å². The Morgan fingerprint density at radius 1 is 1.33 bits per heavy atom. The minimum Gasteiger partial charge on any atom is -0.383 e. The van der Waals surface area contributed by atoms with Gasteiger partial charge in [0.1, 0.15) is 0 Å². The van der Waals surface area contributed by atoms with Gasteiger partial charge in [0.25, 0.3) is 0 Å². The molecule has 0 aromatic heterocycles. The Labute approximate surface area is 112 Å². The lowest BCUT2D eigenvalue weighted by Gasteiger charge is -2.30. The van der Waals surface area contributed by atoms with Crippen LogP contribution in [0.5, 0.6) is 0 Å². The van der Waals surface area contributed by atoms with Crippen molar-refractivity contribution in [2.45, 2.75) is 40.5 Å². The van der Waals surface area contributed by atoms with E-state index in [0.717, 1.165) is 13.0 Å². The summed E-state index contributed by atoms with van der Waals surface area (Å²) in [6.45, 7) is 11.2. The maximum Gasteiger partial charge on any atom is 0.222 e. The van der Waals surface area contributed by atoms with Crippen molar-refractivity contribution < 1.29 is 9.53 Å². The van der Waals surface area contributed by atoms with E-state index in [-0.39, 0.29) is 11.3 Å². The number of carbonyl (C=O) groups excluding carboxylic acids is 1. The Morgan fingerprint density at radius 3 is 2.39 bits per heavy atom. The number of nitrogens with zero attached hydrogens (tertiary/aromatic N) is 1. The summed E-state index contributed by atoms with van der Waals surface area (Å²) in [5, 5.41) is 0. The van der Waals surface area contributed by atoms with Crippen LogP contribution in [-0.2, 0) is 9.53 Å². The Hall–Kier alpha value is -0.610. The molecular formula is C14H30N2O2. The maximum atomic E-state index is 12.2. The zero-order chi connectivity index (χ0) is 14.2. The van der Waals surface area contributed by atoms with Crippen LogP contribution < -0.4 is 5.73 Å². The molecule has 0 saturated carbocycles. The average Bonchev–Trinajstić information content (AvgIpc) is 2.27. The highest BCUT2D eigenvalue weighted by molar-refractivity contribution is 5.76. The molecule has 4 nitrogen and oxygen atoms in total. The van der Waals surface area contributed by atoms with Crippen LogP contribution in [0, 0.1) is 11.3 Å². The summed E-state index contributed by atoms with van der Waals surface area (Å²) in [6.07, 6.45) is 1.44. The lowest BCUT2D eigenvalue weighted by Crippen LogP contribution is -2.37. The van der Waals surface area contributed by atoms with Crippen molar-refractivity contribution in [3.63, 3.8) is 0 Å². The quantitative estimate of drug-likeness (QED) is 0.723. The molecule has 0 rings (SSSR count). The molecule has 1 amide bonds. The second-order valence-electron chi connectivity index (χ2n) is 5.99. The molecule has 0 heterocycles. The Balaban J connectivity index is 4.35. The molecule has 0 fully saturated rings. The second kappa shape index (κ2) is 8.48. The standard InChI is InChI=1S/C14H30N2O2/c1-12(14(2,3)4)11-13(17)16(8-6-7-15)9-10-18-5/h12H,6-11,15H2,1-5H3. The van der Waals surface area contributed by atoms with Crippen LogP contribution in [0.1, 0.15) is 40.5 Å². The number of ether oxygens (including phenoxy) is 1. The predicted octanol–water partition coefficient (Wildman–Crippen LogP) is 1.88. The molecule has 0 saturated heterocycles. The van der Waals surface area contributed by atoms with Crippen molar-refractivity contribution in [1.82, 2.24) is 4.90 Å². The van der Waals surface area contributed by atoms with Crippen molar-refractivity contribution >= 4 is 5.91 Å². The summed E-state index contributed by atoms with van der Waals surface area (Å²) in [5.74, 6) is 0.579. The number of rotatable bonds is 8. The number of hydrogen-bond donors (Lipinski definition) is 1. The molecule has 0 radical (unpaired) electrons. The first kappa shape index (κ1) is 17.4. The van der Waals surface area contributed by atoms with Crippen molar-refractivity contribution in [2.24, 2.45) is 17.1 Å². The first-order valence-corrected chi connectivity index (χ1v) is 6.79. The monoisotopic (exact) mass is 258 g/mol. The summed E-state index contributed by atoms with van der Waals surface area (Å²) in [4.78, 5) is 14.1. The zero-order valence-corrected chi connectivity index (χ0v) is 12.7. The Bertz CT molecular complexity index is 228. The van der Waals surface area contributed by atoms with Gasteiger partial charge in [-0.15, -0.1) is 0 Å². The van der Waals surface area contributed by atoms with E-state index in [4.69, 9.17) is 10.5 Å². The second-order valence-corrected chi connectivity index (χ2v) is 5.99. The van der Waals surface area contributed by atoms with Crippen LogP contribution in [0.2, 0.25) is 0 Å². The van der Waals surface area contributed by atoms with Crippen molar-refractivity contribution in [3.05, 3.63) is 0 Å². The van der Waals surface area contributed by atoms with Gasteiger partial charge in [0.2, 0.25) is 5.91 Å². The third-order valence-electron chi connectivity index (χ3n) is 3.51. The van der Waals surface area contributed by atoms with Gasteiger partial charge in [0, 0.05) is 26.6 Å². The van der Waals surface area contributed by atoms with Gasteiger partial charge in [-0.1, -0.05) is 27.7 Å². The highest BCUT2D eigenvalue weighted by atomic mass is 16.5. The van der Waals surface area contributed by atoms with Crippen LogP contribution in [-0.4, -0.2) is 44.2 Å². The van der Waals surface area contributed by atoms with Gasteiger partial charge < -0.3 is 15.4 Å². The van der Waals surface area contributed by atoms with E-state index < -0.39 is 0 Å². The SMILES string of the molecule is COCCN(CCCN)C(=O)CC(C)C(C)(C)C. The Morgan fingerprint density at radius 2 is 1.94 bits per heavy atom. The molecule has 0 aliphatic rings. The van der Waals surface area contributed by atoms with Gasteiger partial charge in [-0.3, -0.25) is 4.79 Å². The first-order valence-electron chi connectivity index (χ1n) is 6.79. The molecule has 0 aliphatic carbocycles. The predicted molar refractivity (Wildman–Crippen MR) is 75.4 cm³/mol.